The molecule has 0 saturated carbocycles. The molecule has 4 heterocycles. The number of para-hydroxylation sites is 2. The van der Waals surface area contributed by atoms with Gasteiger partial charge in [0.1, 0.15) is 11.3 Å². The van der Waals surface area contributed by atoms with Gasteiger partial charge in [0.2, 0.25) is 5.95 Å². The minimum Gasteiger partial charge on any atom is -0.440 e. The highest BCUT2D eigenvalue weighted by Gasteiger charge is 2.35. The van der Waals surface area contributed by atoms with Crippen LogP contribution in [0, 0.1) is 0 Å². The van der Waals surface area contributed by atoms with E-state index in [9.17, 15) is 8.42 Å². The molecule has 0 amide bonds. The summed E-state index contributed by atoms with van der Waals surface area (Å²) >= 11 is 0. The number of nitrogens with zero attached hydrogens (tertiary/aromatic N) is 5. The first-order chi connectivity index (χ1) is 14.9. The molecule has 0 N–H and O–H groups in total. The average molecular weight is 442 g/mol. The van der Waals surface area contributed by atoms with E-state index in [0.717, 1.165) is 60.3 Å². The van der Waals surface area contributed by atoms with Crippen LogP contribution in [0.25, 0.3) is 11.1 Å². The molecule has 5 rings (SSSR count). The molecule has 2 saturated heterocycles. The molecule has 2 aromatic heterocycles. The number of sulfone groups is 1. The molecule has 9 heteroatoms. The fourth-order valence-corrected chi connectivity index (χ4v) is 6.43. The second-order valence-electron chi connectivity index (χ2n) is 8.81. The lowest BCUT2D eigenvalue weighted by molar-refractivity contribution is 0.408. The fourth-order valence-electron chi connectivity index (χ4n) is 4.69. The summed E-state index contributed by atoms with van der Waals surface area (Å²) in [4.78, 5) is 6.93. The van der Waals surface area contributed by atoms with Crippen LogP contribution in [-0.4, -0.2) is 52.8 Å². The third-order valence-corrected chi connectivity index (χ3v) is 7.92. The van der Waals surface area contributed by atoms with Crippen LogP contribution in [0.4, 0.5) is 5.95 Å². The molecule has 8 nitrogen and oxygen atoms in total. The molecule has 2 aliphatic rings. The topological polar surface area (TPSA) is 94.1 Å². The van der Waals surface area contributed by atoms with Crippen molar-refractivity contribution in [2.45, 2.75) is 44.6 Å². The van der Waals surface area contributed by atoms with Gasteiger partial charge in [0.05, 0.1) is 17.4 Å². The normalized spacial score (nSPS) is 23.5. The summed E-state index contributed by atoms with van der Waals surface area (Å²) in [6, 6.07) is 7.83. The van der Waals surface area contributed by atoms with Crippen LogP contribution in [0.2, 0.25) is 0 Å². The van der Waals surface area contributed by atoms with E-state index < -0.39 is 9.84 Å². The Hall–Kier alpha value is -2.68. The van der Waals surface area contributed by atoms with Crippen LogP contribution in [0.3, 0.4) is 0 Å². The molecule has 164 valence electrons. The van der Waals surface area contributed by atoms with Gasteiger partial charge in [-0.05, 0) is 38.3 Å². The summed E-state index contributed by atoms with van der Waals surface area (Å²) in [5.41, 5.74) is 2.67. The smallest absolute Gasteiger partial charge is 0.227 e. The van der Waals surface area contributed by atoms with Crippen molar-refractivity contribution in [3.8, 4) is 0 Å². The van der Waals surface area contributed by atoms with Crippen LogP contribution < -0.4 is 4.90 Å². The molecule has 0 bridgehead atoms. The molecule has 2 aliphatic heterocycles. The minimum absolute atomic E-state index is 0.108. The van der Waals surface area contributed by atoms with E-state index >= 15 is 0 Å². The number of anilines is 1. The quantitative estimate of drug-likeness (QED) is 0.561. The Balaban J connectivity index is 1.44. The predicted octanol–water partition coefficient (Wildman–Crippen LogP) is 3.28. The summed E-state index contributed by atoms with van der Waals surface area (Å²) in [5, 5.41) is 8.96. The van der Waals surface area contributed by atoms with E-state index in [-0.39, 0.29) is 23.3 Å². The molecular formula is C22H27N5O3S. The summed E-state index contributed by atoms with van der Waals surface area (Å²) < 4.78 is 32.1. The van der Waals surface area contributed by atoms with Crippen molar-refractivity contribution in [2.75, 3.05) is 29.5 Å². The van der Waals surface area contributed by atoms with Gasteiger partial charge in [-0.15, -0.1) is 10.2 Å². The highest BCUT2D eigenvalue weighted by atomic mass is 32.2. The van der Waals surface area contributed by atoms with E-state index in [1.165, 1.54) is 0 Å². The molecule has 0 radical (unpaired) electrons. The van der Waals surface area contributed by atoms with Gasteiger partial charge in [0.15, 0.2) is 21.3 Å². The van der Waals surface area contributed by atoms with Crippen LogP contribution in [0.15, 0.2) is 40.8 Å². The van der Waals surface area contributed by atoms with Gasteiger partial charge in [-0.3, -0.25) is 4.57 Å². The third kappa shape index (κ3) is 3.98. The number of allylic oxidation sites excluding steroid dienone is 1. The van der Waals surface area contributed by atoms with E-state index in [1.54, 1.807) is 0 Å². The zero-order valence-corrected chi connectivity index (χ0v) is 18.5. The van der Waals surface area contributed by atoms with E-state index in [0.29, 0.717) is 13.0 Å². The van der Waals surface area contributed by atoms with Crippen LogP contribution in [0.1, 0.15) is 49.7 Å². The number of piperidine rings is 1. The molecule has 3 aromatic rings. The Morgan fingerprint density at radius 1 is 1.23 bits per heavy atom. The highest BCUT2D eigenvalue weighted by Crippen LogP contribution is 2.34. The minimum atomic E-state index is -3.00. The molecular weight excluding hydrogens is 414 g/mol. The standard InChI is InChI=1S/C22H27N5O3S/c1-15(2)12-27-20(17-9-11-31(28,29)14-17)24-25-22(27)26-10-5-6-16(13-26)21-23-18-7-3-4-8-19(18)30-21/h3-4,7-8,16-17H,1,5-6,9-14H2,2H3/t16-,17+/m1/s1. The first-order valence-electron chi connectivity index (χ1n) is 10.8. The molecule has 0 spiro atoms. The number of benzene rings is 1. The summed E-state index contributed by atoms with van der Waals surface area (Å²) in [5.74, 6) is 2.73. The Kier molecular flexibility index (Phi) is 5.08. The van der Waals surface area contributed by atoms with Crippen molar-refractivity contribution in [2.24, 2.45) is 0 Å². The van der Waals surface area contributed by atoms with Gasteiger partial charge in [0, 0.05) is 25.6 Å². The zero-order valence-electron chi connectivity index (χ0n) is 17.7. The SMILES string of the molecule is C=C(C)Cn1c([C@H]2CCS(=O)(=O)C2)nnc1N1CCC[C@@H](c2nc3ccccc3o2)C1. The van der Waals surface area contributed by atoms with E-state index in [2.05, 4.69) is 26.2 Å². The van der Waals surface area contributed by atoms with Crippen LogP contribution in [0.5, 0.6) is 0 Å². The lowest BCUT2D eigenvalue weighted by atomic mass is 9.98. The number of rotatable bonds is 5. The first-order valence-corrected chi connectivity index (χ1v) is 12.6. The van der Waals surface area contributed by atoms with Crippen molar-refractivity contribution in [3.05, 3.63) is 48.1 Å². The number of oxazole rings is 1. The second-order valence-corrected chi connectivity index (χ2v) is 11.0. The van der Waals surface area contributed by atoms with Crippen molar-refractivity contribution in [1.29, 1.82) is 0 Å². The van der Waals surface area contributed by atoms with Crippen molar-refractivity contribution >= 4 is 26.9 Å². The monoisotopic (exact) mass is 441 g/mol. The maximum Gasteiger partial charge on any atom is 0.227 e. The highest BCUT2D eigenvalue weighted by molar-refractivity contribution is 7.91. The lowest BCUT2D eigenvalue weighted by Crippen LogP contribution is -2.36. The number of hydrogen-bond acceptors (Lipinski definition) is 7. The number of aromatic nitrogens is 4. The maximum atomic E-state index is 12.0. The second kappa shape index (κ2) is 7.78. The Labute approximate surface area is 181 Å². The summed E-state index contributed by atoms with van der Waals surface area (Å²) in [6.45, 7) is 8.22. The summed E-state index contributed by atoms with van der Waals surface area (Å²) in [7, 11) is -3.00. The molecule has 0 aliphatic carbocycles. The van der Waals surface area contributed by atoms with Crippen molar-refractivity contribution in [1.82, 2.24) is 19.7 Å². The summed E-state index contributed by atoms with van der Waals surface area (Å²) in [6.07, 6.45) is 2.60. The van der Waals surface area contributed by atoms with Crippen LogP contribution in [-0.2, 0) is 16.4 Å². The Morgan fingerprint density at radius 2 is 2.06 bits per heavy atom. The molecule has 31 heavy (non-hydrogen) atoms. The van der Waals surface area contributed by atoms with Gasteiger partial charge >= 0.3 is 0 Å². The zero-order chi connectivity index (χ0) is 21.6. The lowest BCUT2D eigenvalue weighted by Gasteiger charge is -2.32. The van der Waals surface area contributed by atoms with Gasteiger partial charge in [-0.2, -0.15) is 0 Å². The van der Waals surface area contributed by atoms with E-state index in [1.807, 2.05) is 31.2 Å². The van der Waals surface area contributed by atoms with Crippen LogP contribution >= 0.6 is 0 Å². The van der Waals surface area contributed by atoms with Crippen molar-refractivity contribution in [3.63, 3.8) is 0 Å². The number of hydrogen-bond donors (Lipinski definition) is 0. The first kappa shape index (κ1) is 20.2. The Morgan fingerprint density at radius 3 is 2.81 bits per heavy atom. The average Bonchev–Trinajstić information content (AvgIpc) is 3.44. The molecule has 0 unspecified atom stereocenters. The molecule has 2 fully saturated rings. The molecule has 2 atom stereocenters. The Bertz CT molecular complexity index is 1200. The van der Waals surface area contributed by atoms with Crippen molar-refractivity contribution < 1.29 is 12.8 Å². The van der Waals surface area contributed by atoms with Gasteiger partial charge in [-0.25, -0.2) is 13.4 Å². The van der Waals surface area contributed by atoms with Gasteiger partial charge in [-0.1, -0.05) is 24.3 Å². The molecule has 1 aromatic carbocycles. The maximum absolute atomic E-state index is 12.0. The largest absolute Gasteiger partial charge is 0.440 e. The number of fused-ring (bicyclic) bond motifs is 1. The van der Waals surface area contributed by atoms with E-state index in [4.69, 9.17) is 9.40 Å². The predicted molar refractivity (Wildman–Crippen MR) is 119 cm³/mol. The van der Waals surface area contributed by atoms with Gasteiger partial charge in [0.25, 0.3) is 0 Å². The third-order valence-electron chi connectivity index (χ3n) is 6.15. The fraction of sp³-hybridized carbons (Fsp3) is 0.500. The van der Waals surface area contributed by atoms with Gasteiger partial charge < -0.3 is 9.32 Å².